The molecule has 1 saturated heterocycles. The molecule has 2 fully saturated rings. The number of aliphatic hydroxyl groups excluding tert-OH is 1. The fraction of sp³-hybridized carbons (Fsp3) is 1.00. The number of nitrogens with zero attached hydrogens (tertiary/aromatic N) is 1. The van der Waals surface area contributed by atoms with Gasteiger partial charge in [0.2, 0.25) is 0 Å². The van der Waals surface area contributed by atoms with Crippen molar-refractivity contribution >= 4 is 10.2 Å². The Morgan fingerprint density at radius 3 is 2.24 bits per heavy atom. The molecule has 0 aromatic rings. The first-order valence-corrected chi connectivity index (χ1v) is 7.94. The van der Waals surface area contributed by atoms with E-state index in [9.17, 15) is 8.42 Å². The van der Waals surface area contributed by atoms with Gasteiger partial charge in [0.1, 0.15) is 0 Å². The van der Waals surface area contributed by atoms with Crippen LogP contribution in [0.5, 0.6) is 0 Å². The summed E-state index contributed by atoms with van der Waals surface area (Å²) in [4.78, 5) is 0. The monoisotopic (exact) mass is 262 g/mol. The standard InChI is InChI=1S/C11H22N2O3S/c14-9-10-5-7-13(8-6-10)17(15,16)12-11-3-1-2-4-11/h10-12,14H,1-9H2. The average molecular weight is 262 g/mol. The second-order valence-electron chi connectivity index (χ2n) is 5.13. The summed E-state index contributed by atoms with van der Waals surface area (Å²) in [5.74, 6) is 0.271. The van der Waals surface area contributed by atoms with Gasteiger partial charge in [0.05, 0.1) is 0 Å². The predicted molar refractivity (Wildman–Crippen MR) is 65.7 cm³/mol. The Hall–Kier alpha value is -0.170. The second kappa shape index (κ2) is 5.65. The van der Waals surface area contributed by atoms with Gasteiger partial charge in [-0.3, -0.25) is 0 Å². The molecule has 1 heterocycles. The van der Waals surface area contributed by atoms with Crippen LogP contribution in [0.4, 0.5) is 0 Å². The van der Waals surface area contributed by atoms with Gasteiger partial charge in [-0.25, -0.2) is 0 Å². The maximum Gasteiger partial charge on any atom is 0.279 e. The first-order valence-electron chi connectivity index (χ1n) is 6.50. The number of nitrogens with one attached hydrogen (secondary N) is 1. The van der Waals surface area contributed by atoms with Crippen LogP contribution in [0.25, 0.3) is 0 Å². The average Bonchev–Trinajstić information content (AvgIpc) is 2.81. The highest BCUT2D eigenvalue weighted by Gasteiger charge is 2.30. The van der Waals surface area contributed by atoms with E-state index >= 15 is 0 Å². The molecule has 0 spiro atoms. The van der Waals surface area contributed by atoms with E-state index in [1.807, 2.05) is 0 Å². The molecule has 5 nitrogen and oxygen atoms in total. The zero-order valence-corrected chi connectivity index (χ0v) is 11.0. The lowest BCUT2D eigenvalue weighted by Crippen LogP contribution is -2.47. The first-order chi connectivity index (χ1) is 8.12. The van der Waals surface area contributed by atoms with Crippen LogP contribution < -0.4 is 4.72 Å². The topological polar surface area (TPSA) is 69.6 Å². The molecule has 2 aliphatic rings. The zero-order chi connectivity index (χ0) is 12.3. The van der Waals surface area contributed by atoms with E-state index in [4.69, 9.17) is 5.11 Å². The summed E-state index contributed by atoms with van der Waals surface area (Å²) >= 11 is 0. The molecule has 1 saturated carbocycles. The van der Waals surface area contributed by atoms with Crippen LogP contribution in [0.1, 0.15) is 38.5 Å². The van der Waals surface area contributed by atoms with Crippen molar-refractivity contribution < 1.29 is 13.5 Å². The van der Waals surface area contributed by atoms with Crippen LogP contribution in [0.3, 0.4) is 0 Å². The van der Waals surface area contributed by atoms with E-state index in [0.717, 1.165) is 38.5 Å². The molecule has 2 N–H and O–H groups in total. The summed E-state index contributed by atoms with van der Waals surface area (Å²) in [5.41, 5.74) is 0. The third kappa shape index (κ3) is 3.40. The summed E-state index contributed by atoms with van der Waals surface area (Å²) in [6.45, 7) is 1.24. The Balaban J connectivity index is 1.87. The Morgan fingerprint density at radius 1 is 1.12 bits per heavy atom. The van der Waals surface area contributed by atoms with Crippen LogP contribution in [-0.2, 0) is 10.2 Å². The quantitative estimate of drug-likeness (QED) is 0.773. The highest BCUT2D eigenvalue weighted by atomic mass is 32.2. The van der Waals surface area contributed by atoms with Crippen LogP contribution in [-0.4, -0.2) is 43.6 Å². The second-order valence-corrected chi connectivity index (χ2v) is 6.83. The molecule has 2 rings (SSSR count). The molecule has 0 aromatic heterocycles. The van der Waals surface area contributed by atoms with E-state index in [-0.39, 0.29) is 18.6 Å². The molecule has 17 heavy (non-hydrogen) atoms. The Morgan fingerprint density at radius 2 is 1.71 bits per heavy atom. The number of rotatable bonds is 4. The molecule has 0 unspecified atom stereocenters. The third-order valence-corrected chi connectivity index (χ3v) is 5.52. The van der Waals surface area contributed by atoms with Crippen molar-refractivity contribution in [2.45, 2.75) is 44.6 Å². The molecule has 0 radical (unpaired) electrons. The lowest BCUT2D eigenvalue weighted by Gasteiger charge is -2.31. The van der Waals surface area contributed by atoms with Crippen LogP contribution in [0, 0.1) is 5.92 Å². The fourth-order valence-electron chi connectivity index (χ4n) is 2.66. The molecule has 0 atom stereocenters. The number of hydrogen-bond donors (Lipinski definition) is 2. The van der Waals surface area contributed by atoms with E-state index in [1.165, 1.54) is 4.31 Å². The van der Waals surface area contributed by atoms with Gasteiger partial charge in [-0.05, 0) is 31.6 Å². The highest BCUT2D eigenvalue weighted by molar-refractivity contribution is 7.87. The van der Waals surface area contributed by atoms with Gasteiger partial charge >= 0.3 is 0 Å². The minimum Gasteiger partial charge on any atom is -0.396 e. The predicted octanol–water partition coefficient (Wildman–Crippen LogP) is 0.468. The van der Waals surface area contributed by atoms with Gasteiger partial charge in [0.25, 0.3) is 10.2 Å². The highest BCUT2D eigenvalue weighted by Crippen LogP contribution is 2.22. The van der Waals surface area contributed by atoms with E-state index in [1.54, 1.807) is 0 Å². The molecule has 1 aliphatic carbocycles. The van der Waals surface area contributed by atoms with Crippen LogP contribution in [0.15, 0.2) is 0 Å². The van der Waals surface area contributed by atoms with Crippen molar-refractivity contribution in [3.05, 3.63) is 0 Å². The molecule has 0 bridgehead atoms. The largest absolute Gasteiger partial charge is 0.396 e. The van der Waals surface area contributed by atoms with E-state index < -0.39 is 10.2 Å². The smallest absolute Gasteiger partial charge is 0.279 e. The van der Waals surface area contributed by atoms with Crippen LogP contribution in [0.2, 0.25) is 0 Å². The number of aliphatic hydroxyl groups is 1. The SMILES string of the molecule is O=S(=O)(NC1CCCC1)N1CCC(CO)CC1. The number of hydrogen-bond acceptors (Lipinski definition) is 3. The van der Waals surface area contributed by atoms with Crippen molar-refractivity contribution in [1.82, 2.24) is 9.03 Å². The first kappa shape index (κ1) is 13.3. The van der Waals surface area contributed by atoms with Crippen molar-refractivity contribution in [3.63, 3.8) is 0 Å². The summed E-state index contributed by atoms with van der Waals surface area (Å²) in [5, 5.41) is 9.03. The normalized spacial score (nSPS) is 25.5. The van der Waals surface area contributed by atoms with Crippen molar-refractivity contribution in [3.8, 4) is 0 Å². The molecule has 100 valence electrons. The molecule has 0 amide bonds. The third-order valence-electron chi connectivity index (χ3n) is 3.84. The van der Waals surface area contributed by atoms with Crippen LogP contribution >= 0.6 is 0 Å². The molecule has 6 heteroatoms. The lowest BCUT2D eigenvalue weighted by atomic mass is 10.00. The van der Waals surface area contributed by atoms with Gasteiger partial charge in [0, 0.05) is 25.7 Å². The molecular formula is C11H22N2O3S. The summed E-state index contributed by atoms with van der Waals surface area (Å²) in [6, 6.07) is 0.135. The fourth-order valence-corrected chi connectivity index (χ4v) is 4.16. The molecule has 1 aliphatic heterocycles. The Bertz CT molecular complexity index is 331. The Labute approximate surface area is 103 Å². The summed E-state index contributed by atoms with van der Waals surface area (Å²) < 4.78 is 28.5. The Kier molecular flexibility index (Phi) is 4.41. The maximum atomic E-state index is 12.1. The van der Waals surface area contributed by atoms with Gasteiger partial charge < -0.3 is 5.11 Å². The van der Waals surface area contributed by atoms with Gasteiger partial charge in [-0.1, -0.05) is 12.8 Å². The maximum absolute atomic E-state index is 12.1. The summed E-state index contributed by atoms with van der Waals surface area (Å²) in [7, 11) is -3.30. The molecule has 0 aromatic carbocycles. The lowest BCUT2D eigenvalue weighted by molar-refractivity contribution is 0.169. The minimum absolute atomic E-state index is 0.135. The molecular weight excluding hydrogens is 240 g/mol. The van der Waals surface area contributed by atoms with Crippen molar-refractivity contribution in [1.29, 1.82) is 0 Å². The minimum atomic E-state index is -3.30. The van der Waals surface area contributed by atoms with E-state index in [0.29, 0.717) is 13.1 Å². The number of piperidine rings is 1. The van der Waals surface area contributed by atoms with Crippen molar-refractivity contribution in [2.75, 3.05) is 19.7 Å². The van der Waals surface area contributed by atoms with E-state index in [2.05, 4.69) is 4.72 Å². The zero-order valence-electron chi connectivity index (χ0n) is 10.1. The van der Waals surface area contributed by atoms with Gasteiger partial charge in [-0.15, -0.1) is 0 Å². The van der Waals surface area contributed by atoms with Gasteiger partial charge in [0.15, 0.2) is 0 Å². The summed E-state index contributed by atoms with van der Waals surface area (Å²) in [6.07, 6.45) is 5.71. The van der Waals surface area contributed by atoms with Crippen molar-refractivity contribution in [2.24, 2.45) is 5.92 Å². The van der Waals surface area contributed by atoms with Gasteiger partial charge in [-0.2, -0.15) is 17.4 Å².